The third-order valence-electron chi connectivity index (χ3n) is 4.15. The molecule has 2 rings (SSSR count). The van der Waals surface area contributed by atoms with Crippen molar-refractivity contribution in [1.82, 2.24) is 5.32 Å². The molecule has 0 aliphatic carbocycles. The topological polar surface area (TPSA) is 126 Å². The zero-order chi connectivity index (χ0) is 22.1. The average Bonchev–Trinajstić information content (AvgIpc) is 2.76. The van der Waals surface area contributed by atoms with Crippen molar-refractivity contribution in [2.24, 2.45) is 0 Å². The van der Waals surface area contributed by atoms with E-state index in [9.17, 15) is 19.7 Å². The smallest absolute Gasteiger partial charge is 0.345 e. The van der Waals surface area contributed by atoms with Gasteiger partial charge in [-0.25, -0.2) is 4.79 Å². The molecule has 0 saturated heterocycles. The van der Waals surface area contributed by atoms with Crippen LogP contribution in [0.3, 0.4) is 0 Å². The SMILES string of the molecule is COc1ccc(CCNC(=O)COC(=O)c2cc(OC)c(OC)cc2[N+](=O)[O-])cc1. The van der Waals surface area contributed by atoms with Crippen molar-refractivity contribution in [3.63, 3.8) is 0 Å². The summed E-state index contributed by atoms with van der Waals surface area (Å²) in [6.07, 6.45) is 0.574. The van der Waals surface area contributed by atoms with Crippen LogP contribution >= 0.6 is 0 Å². The van der Waals surface area contributed by atoms with Crippen LogP contribution in [0.15, 0.2) is 36.4 Å². The maximum atomic E-state index is 12.3. The number of esters is 1. The van der Waals surface area contributed by atoms with E-state index in [2.05, 4.69) is 5.32 Å². The van der Waals surface area contributed by atoms with Crippen molar-refractivity contribution >= 4 is 17.6 Å². The molecule has 30 heavy (non-hydrogen) atoms. The van der Waals surface area contributed by atoms with Crippen LogP contribution in [0.4, 0.5) is 5.69 Å². The molecule has 0 aliphatic rings. The first kappa shape index (κ1) is 22.5. The summed E-state index contributed by atoms with van der Waals surface area (Å²) in [5.74, 6) is -0.595. The number of nitrogens with zero attached hydrogens (tertiary/aromatic N) is 1. The Morgan fingerprint density at radius 1 is 1.00 bits per heavy atom. The van der Waals surface area contributed by atoms with Crippen LogP contribution in [-0.2, 0) is 16.0 Å². The van der Waals surface area contributed by atoms with Gasteiger partial charge in [-0.3, -0.25) is 14.9 Å². The van der Waals surface area contributed by atoms with E-state index in [1.807, 2.05) is 24.3 Å². The maximum absolute atomic E-state index is 12.3. The highest BCUT2D eigenvalue weighted by atomic mass is 16.6. The van der Waals surface area contributed by atoms with Gasteiger partial charge < -0.3 is 24.3 Å². The summed E-state index contributed by atoms with van der Waals surface area (Å²) >= 11 is 0. The maximum Gasteiger partial charge on any atom is 0.345 e. The molecule has 2 aromatic carbocycles. The highest BCUT2D eigenvalue weighted by molar-refractivity contribution is 5.96. The van der Waals surface area contributed by atoms with Crippen LogP contribution in [0.1, 0.15) is 15.9 Å². The van der Waals surface area contributed by atoms with Gasteiger partial charge in [-0.2, -0.15) is 0 Å². The van der Waals surface area contributed by atoms with Gasteiger partial charge in [0.1, 0.15) is 11.3 Å². The normalized spacial score (nSPS) is 10.1. The molecule has 10 nitrogen and oxygen atoms in total. The van der Waals surface area contributed by atoms with Crippen LogP contribution in [0.2, 0.25) is 0 Å². The number of hydrogen-bond acceptors (Lipinski definition) is 8. The molecular formula is C20H22N2O8. The number of amides is 1. The van der Waals surface area contributed by atoms with E-state index in [4.69, 9.17) is 18.9 Å². The van der Waals surface area contributed by atoms with Gasteiger partial charge in [0.25, 0.3) is 11.6 Å². The molecule has 0 radical (unpaired) electrons. The summed E-state index contributed by atoms with van der Waals surface area (Å²) in [6.45, 7) is -0.244. The fraction of sp³-hybridized carbons (Fsp3) is 0.300. The van der Waals surface area contributed by atoms with E-state index in [-0.39, 0.29) is 17.1 Å². The molecule has 0 aromatic heterocycles. The van der Waals surface area contributed by atoms with Crippen molar-refractivity contribution in [1.29, 1.82) is 0 Å². The van der Waals surface area contributed by atoms with Crippen LogP contribution in [0.5, 0.6) is 17.2 Å². The van der Waals surface area contributed by atoms with Crippen molar-refractivity contribution in [3.8, 4) is 17.2 Å². The Kier molecular flexibility index (Phi) is 7.98. The second-order valence-electron chi connectivity index (χ2n) is 6.01. The zero-order valence-corrected chi connectivity index (χ0v) is 16.8. The lowest BCUT2D eigenvalue weighted by atomic mass is 10.1. The van der Waals surface area contributed by atoms with Crippen molar-refractivity contribution in [3.05, 3.63) is 57.6 Å². The van der Waals surface area contributed by atoms with E-state index in [0.29, 0.717) is 13.0 Å². The van der Waals surface area contributed by atoms with Gasteiger partial charge in [-0.15, -0.1) is 0 Å². The lowest BCUT2D eigenvalue weighted by molar-refractivity contribution is -0.385. The van der Waals surface area contributed by atoms with Gasteiger partial charge in [0.15, 0.2) is 18.1 Å². The van der Waals surface area contributed by atoms with E-state index >= 15 is 0 Å². The minimum atomic E-state index is -1.02. The first-order valence-electron chi connectivity index (χ1n) is 8.86. The number of hydrogen-bond donors (Lipinski definition) is 1. The molecule has 160 valence electrons. The number of methoxy groups -OCH3 is 3. The van der Waals surface area contributed by atoms with Crippen molar-refractivity contribution in [2.75, 3.05) is 34.5 Å². The monoisotopic (exact) mass is 418 g/mol. The summed E-state index contributed by atoms with van der Waals surface area (Å²) in [4.78, 5) is 34.7. The minimum Gasteiger partial charge on any atom is -0.497 e. The predicted octanol–water partition coefficient (Wildman–Crippen LogP) is 2.14. The molecule has 0 bridgehead atoms. The number of nitro benzene ring substituents is 1. The largest absolute Gasteiger partial charge is 0.497 e. The Morgan fingerprint density at radius 3 is 2.20 bits per heavy atom. The molecule has 0 unspecified atom stereocenters. The second kappa shape index (κ2) is 10.6. The number of nitrogens with one attached hydrogen (secondary N) is 1. The zero-order valence-electron chi connectivity index (χ0n) is 16.8. The third kappa shape index (κ3) is 5.84. The molecule has 0 spiro atoms. The molecule has 2 aromatic rings. The van der Waals surface area contributed by atoms with Crippen LogP contribution in [0, 0.1) is 10.1 Å². The number of carbonyl (C=O) groups is 2. The molecule has 1 amide bonds. The Labute approximate surface area is 172 Å². The highest BCUT2D eigenvalue weighted by Crippen LogP contribution is 2.34. The molecule has 10 heteroatoms. The first-order valence-corrected chi connectivity index (χ1v) is 8.86. The molecule has 0 heterocycles. The predicted molar refractivity (Wildman–Crippen MR) is 106 cm³/mol. The molecular weight excluding hydrogens is 396 g/mol. The Balaban J connectivity index is 1.92. The summed E-state index contributed by atoms with van der Waals surface area (Å²) in [7, 11) is 4.22. The summed E-state index contributed by atoms with van der Waals surface area (Å²) in [5, 5.41) is 13.9. The van der Waals surface area contributed by atoms with Gasteiger partial charge in [0.05, 0.1) is 32.3 Å². The second-order valence-corrected chi connectivity index (χ2v) is 6.01. The fourth-order valence-electron chi connectivity index (χ4n) is 2.58. The first-order chi connectivity index (χ1) is 14.4. The van der Waals surface area contributed by atoms with Gasteiger partial charge in [0.2, 0.25) is 0 Å². The number of carbonyl (C=O) groups excluding carboxylic acids is 2. The van der Waals surface area contributed by atoms with Gasteiger partial charge >= 0.3 is 5.97 Å². The molecule has 0 atom stereocenters. The van der Waals surface area contributed by atoms with Gasteiger partial charge in [-0.1, -0.05) is 12.1 Å². The van der Waals surface area contributed by atoms with E-state index < -0.39 is 29.1 Å². The number of rotatable bonds is 10. The Bertz CT molecular complexity index is 912. The molecule has 1 N–H and O–H groups in total. The van der Waals surface area contributed by atoms with Crippen LogP contribution in [0.25, 0.3) is 0 Å². The number of nitro groups is 1. The average molecular weight is 418 g/mol. The lowest BCUT2D eigenvalue weighted by Crippen LogP contribution is -2.30. The Hall–Kier alpha value is -3.82. The summed E-state index contributed by atoms with van der Waals surface area (Å²) < 4.78 is 20.1. The fourth-order valence-corrected chi connectivity index (χ4v) is 2.58. The molecule has 0 fully saturated rings. The van der Waals surface area contributed by atoms with E-state index in [1.54, 1.807) is 7.11 Å². The third-order valence-corrected chi connectivity index (χ3v) is 4.15. The minimum absolute atomic E-state index is 0.0945. The highest BCUT2D eigenvalue weighted by Gasteiger charge is 2.26. The quantitative estimate of drug-likeness (QED) is 0.353. The van der Waals surface area contributed by atoms with Crippen LogP contribution in [-0.4, -0.2) is 51.3 Å². The molecule has 0 aliphatic heterocycles. The van der Waals surface area contributed by atoms with Crippen molar-refractivity contribution in [2.45, 2.75) is 6.42 Å². The standard InChI is InChI=1S/C20H22N2O8/c1-27-14-6-4-13(5-7-14)8-9-21-19(23)12-30-20(24)15-10-17(28-2)18(29-3)11-16(15)22(25)26/h4-7,10-11H,8-9,12H2,1-3H3,(H,21,23). The number of benzene rings is 2. The summed E-state index contributed by atoms with van der Waals surface area (Å²) in [6, 6.07) is 9.58. The lowest BCUT2D eigenvalue weighted by Gasteiger charge is -2.11. The van der Waals surface area contributed by atoms with Gasteiger partial charge in [-0.05, 0) is 24.1 Å². The van der Waals surface area contributed by atoms with E-state index in [0.717, 1.165) is 23.4 Å². The van der Waals surface area contributed by atoms with Gasteiger partial charge in [0, 0.05) is 12.6 Å². The van der Waals surface area contributed by atoms with E-state index in [1.165, 1.54) is 14.2 Å². The summed E-state index contributed by atoms with van der Waals surface area (Å²) in [5.41, 5.74) is 0.135. The Morgan fingerprint density at radius 2 is 1.63 bits per heavy atom. The van der Waals surface area contributed by atoms with Crippen molar-refractivity contribution < 1.29 is 33.5 Å². The number of ether oxygens (including phenoxy) is 4. The van der Waals surface area contributed by atoms with Crippen LogP contribution < -0.4 is 19.5 Å². The molecule has 0 saturated carbocycles.